The molecule has 1 rings (SSSR count). The second-order valence-electron chi connectivity index (χ2n) is 2.81. The number of thiocarbonyl (C=S) groups is 1. The minimum Gasteiger partial charge on any atom is -0.375 e. The van der Waals surface area contributed by atoms with Crippen LogP contribution in [0.4, 0.5) is 0 Å². The highest BCUT2D eigenvalue weighted by atomic mass is 32.1. The Morgan fingerprint density at radius 2 is 2.14 bits per heavy atom. The summed E-state index contributed by atoms with van der Waals surface area (Å²) in [7, 11) is 0. The first-order valence-corrected chi connectivity index (χ1v) is 4.81. The molecule has 0 unspecified atom stereocenters. The van der Waals surface area contributed by atoms with Gasteiger partial charge in [0.15, 0.2) is 5.11 Å². The van der Waals surface area contributed by atoms with E-state index in [1.807, 2.05) is 18.2 Å². The molecule has 3 N–H and O–H groups in total. The van der Waals surface area contributed by atoms with Crippen LogP contribution in [0.2, 0.25) is 0 Å². The molecule has 0 saturated heterocycles. The van der Waals surface area contributed by atoms with Crippen molar-refractivity contribution >= 4 is 23.5 Å². The highest BCUT2D eigenvalue weighted by Gasteiger charge is 1.88. The zero-order chi connectivity index (χ0) is 10.2. The molecule has 0 fully saturated rings. The van der Waals surface area contributed by atoms with E-state index >= 15 is 0 Å². The van der Waals surface area contributed by atoms with Gasteiger partial charge in [0.05, 0.1) is 0 Å². The molecule has 1 aromatic carbocycles. The summed E-state index contributed by atoms with van der Waals surface area (Å²) in [4.78, 5) is 0. The average Bonchev–Trinajstić information content (AvgIpc) is 2.18. The molecule has 0 amide bonds. The van der Waals surface area contributed by atoms with Gasteiger partial charge in [-0.1, -0.05) is 30.3 Å². The third kappa shape index (κ3) is 4.57. The second-order valence-corrected chi connectivity index (χ2v) is 3.25. The maximum atomic E-state index is 5.19. The molecular formula is C10H13N3S. The van der Waals surface area contributed by atoms with Crippen molar-refractivity contribution in [3.8, 4) is 0 Å². The van der Waals surface area contributed by atoms with E-state index in [1.54, 1.807) is 6.21 Å². The van der Waals surface area contributed by atoms with Crippen molar-refractivity contribution in [1.82, 2.24) is 5.43 Å². The fourth-order valence-corrected chi connectivity index (χ4v) is 1.10. The van der Waals surface area contributed by atoms with Crippen molar-refractivity contribution in [2.75, 3.05) is 0 Å². The van der Waals surface area contributed by atoms with E-state index in [2.05, 4.69) is 34.9 Å². The lowest BCUT2D eigenvalue weighted by atomic mass is 10.1. The number of rotatable bonds is 4. The number of nitrogens with two attached hydrogens (primary N) is 1. The van der Waals surface area contributed by atoms with Crippen LogP contribution in [0.3, 0.4) is 0 Å². The maximum Gasteiger partial charge on any atom is 0.184 e. The number of aryl methyl sites for hydroxylation is 1. The van der Waals surface area contributed by atoms with Gasteiger partial charge < -0.3 is 5.73 Å². The average molecular weight is 207 g/mol. The number of hydrogen-bond acceptors (Lipinski definition) is 2. The fourth-order valence-electron chi connectivity index (χ4n) is 1.05. The van der Waals surface area contributed by atoms with Crippen molar-refractivity contribution < 1.29 is 0 Å². The van der Waals surface area contributed by atoms with Gasteiger partial charge in [-0.3, -0.25) is 5.43 Å². The molecule has 0 spiro atoms. The van der Waals surface area contributed by atoms with Crippen molar-refractivity contribution in [2.24, 2.45) is 10.8 Å². The van der Waals surface area contributed by atoms with Gasteiger partial charge in [-0.25, -0.2) is 0 Å². The summed E-state index contributed by atoms with van der Waals surface area (Å²) in [5.74, 6) is 0. The monoisotopic (exact) mass is 207 g/mol. The zero-order valence-corrected chi connectivity index (χ0v) is 8.63. The Morgan fingerprint density at radius 1 is 1.43 bits per heavy atom. The summed E-state index contributed by atoms with van der Waals surface area (Å²) in [6.45, 7) is 0. The Labute approximate surface area is 89.0 Å². The van der Waals surface area contributed by atoms with Gasteiger partial charge >= 0.3 is 0 Å². The molecule has 1 aromatic rings. The number of hydrogen-bond donors (Lipinski definition) is 2. The van der Waals surface area contributed by atoms with E-state index in [4.69, 9.17) is 5.73 Å². The largest absolute Gasteiger partial charge is 0.375 e. The zero-order valence-electron chi connectivity index (χ0n) is 7.81. The first kappa shape index (κ1) is 10.7. The summed E-state index contributed by atoms with van der Waals surface area (Å²) >= 11 is 4.59. The van der Waals surface area contributed by atoms with Crippen LogP contribution < -0.4 is 11.2 Å². The smallest absolute Gasteiger partial charge is 0.184 e. The Kier molecular flexibility index (Phi) is 4.64. The first-order chi connectivity index (χ1) is 6.79. The molecule has 0 bridgehead atoms. The van der Waals surface area contributed by atoms with Crippen molar-refractivity contribution in [3.05, 3.63) is 35.9 Å². The third-order valence-corrected chi connectivity index (χ3v) is 1.76. The SMILES string of the molecule is NC(=S)N/N=C\CCc1ccccc1. The van der Waals surface area contributed by atoms with Crippen LogP contribution in [0.1, 0.15) is 12.0 Å². The second kappa shape index (κ2) is 6.10. The molecule has 0 aliphatic carbocycles. The van der Waals surface area contributed by atoms with E-state index in [1.165, 1.54) is 5.56 Å². The van der Waals surface area contributed by atoms with Crippen LogP contribution in [0.15, 0.2) is 35.4 Å². The van der Waals surface area contributed by atoms with Crippen LogP contribution in [0.5, 0.6) is 0 Å². The van der Waals surface area contributed by atoms with Gasteiger partial charge in [0, 0.05) is 6.21 Å². The van der Waals surface area contributed by atoms with Crippen molar-refractivity contribution in [2.45, 2.75) is 12.8 Å². The van der Waals surface area contributed by atoms with E-state index in [0.717, 1.165) is 12.8 Å². The summed E-state index contributed by atoms with van der Waals surface area (Å²) in [6.07, 6.45) is 3.62. The molecule has 3 nitrogen and oxygen atoms in total. The first-order valence-electron chi connectivity index (χ1n) is 4.40. The van der Waals surface area contributed by atoms with Crippen LogP contribution in [-0.2, 0) is 6.42 Å². The summed E-state index contributed by atoms with van der Waals surface area (Å²) in [5, 5.41) is 4.04. The molecule has 14 heavy (non-hydrogen) atoms. The molecule has 0 aliphatic rings. The Bertz CT molecular complexity index is 308. The van der Waals surface area contributed by atoms with Crippen LogP contribution >= 0.6 is 12.2 Å². The van der Waals surface area contributed by atoms with Crippen molar-refractivity contribution in [3.63, 3.8) is 0 Å². The quantitative estimate of drug-likeness (QED) is 0.446. The predicted molar refractivity (Wildman–Crippen MR) is 63.2 cm³/mol. The van der Waals surface area contributed by atoms with Gasteiger partial charge in [0.2, 0.25) is 0 Å². The van der Waals surface area contributed by atoms with Gasteiger partial charge in [-0.2, -0.15) is 5.10 Å². The van der Waals surface area contributed by atoms with Crippen LogP contribution in [-0.4, -0.2) is 11.3 Å². The molecule has 0 aliphatic heterocycles. The predicted octanol–water partition coefficient (Wildman–Crippen LogP) is 1.44. The van der Waals surface area contributed by atoms with Crippen LogP contribution in [0, 0.1) is 0 Å². The summed E-state index contributed by atoms with van der Waals surface area (Å²) in [5.41, 5.74) is 9.00. The van der Waals surface area contributed by atoms with Gasteiger partial charge in [-0.05, 0) is 30.6 Å². The summed E-state index contributed by atoms with van der Waals surface area (Å²) < 4.78 is 0. The molecule has 4 heteroatoms. The van der Waals surface area contributed by atoms with Crippen LogP contribution in [0.25, 0.3) is 0 Å². The van der Waals surface area contributed by atoms with Gasteiger partial charge in [-0.15, -0.1) is 0 Å². The molecule has 0 heterocycles. The lowest BCUT2D eigenvalue weighted by Crippen LogP contribution is -2.23. The minimum atomic E-state index is 0.195. The van der Waals surface area contributed by atoms with Crippen molar-refractivity contribution in [1.29, 1.82) is 0 Å². The van der Waals surface area contributed by atoms with E-state index in [0.29, 0.717) is 0 Å². The topological polar surface area (TPSA) is 50.4 Å². The Balaban J connectivity index is 2.22. The summed E-state index contributed by atoms with van der Waals surface area (Å²) in [6, 6.07) is 10.2. The lowest BCUT2D eigenvalue weighted by Gasteiger charge is -1.96. The molecular weight excluding hydrogens is 194 g/mol. The number of hydrazone groups is 1. The number of nitrogens with zero attached hydrogens (tertiary/aromatic N) is 1. The van der Waals surface area contributed by atoms with E-state index < -0.39 is 0 Å². The highest BCUT2D eigenvalue weighted by Crippen LogP contribution is 2.00. The fraction of sp³-hybridized carbons (Fsp3) is 0.200. The molecule has 0 radical (unpaired) electrons. The van der Waals surface area contributed by atoms with Gasteiger partial charge in [0.1, 0.15) is 0 Å². The molecule has 0 saturated carbocycles. The third-order valence-electron chi connectivity index (χ3n) is 1.67. The standard InChI is InChI=1S/C10H13N3S/c11-10(14)13-12-8-4-7-9-5-2-1-3-6-9/h1-3,5-6,8H,4,7H2,(H3,11,13,14)/b12-8-. The Morgan fingerprint density at radius 3 is 2.79 bits per heavy atom. The maximum absolute atomic E-state index is 5.19. The minimum absolute atomic E-state index is 0.195. The van der Waals surface area contributed by atoms with E-state index in [9.17, 15) is 0 Å². The normalized spacial score (nSPS) is 10.3. The van der Waals surface area contributed by atoms with E-state index in [-0.39, 0.29) is 5.11 Å². The molecule has 0 aromatic heterocycles. The van der Waals surface area contributed by atoms with Gasteiger partial charge in [0.25, 0.3) is 0 Å². The molecule has 0 atom stereocenters. The lowest BCUT2D eigenvalue weighted by molar-refractivity contribution is 0.995. The Hall–Kier alpha value is -1.42. The number of nitrogens with one attached hydrogen (secondary N) is 1. The molecule has 74 valence electrons. The number of benzene rings is 1. The highest BCUT2D eigenvalue weighted by molar-refractivity contribution is 7.80.